The van der Waals surface area contributed by atoms with Crippen molar-refractivity contribution < 1.29 is 14.3 Å². The molecule has 2 aromatic rings. The molecule has 5 nitrogen and oxygen atoms in total. The molecule has 1 atom stereocenters. The van der Waals surface area contributed by atoms with Gasteiger partial charge in [-0.25, -0.2) is 0 Å². The van der Waals surface area contributed by atoms with Crippen molar-refractivity contribution in [3.8, 4) is 0 Å². The van der Waals surface area contributed by atoms with Crippen LogP contribution in [0, 0.1) is 0 Å². The first-order valence-corrected chi connectivity index (χ1v) is 10.4. The maximum atomic E-state index is 13.4. The first-order chi connectivity index (χ1) is 13.3. The third kappa shape index (κ3) is 4.28. The molecule has 0 saturated heterocycles. The van der Waals surface area contributed by atoms with Crippen molar-refractivity contribution >= 4 is 23.2 Å². The number of benzene rings is 1. The molecule has 1 aliphatic heterocycles. The van der Waals surface area contributed by atoms with Gasteiger partial charge in [0.25, 0.3) is 0 Å². The molecular formula is C22H28N2O3S. The smallest absolute Gasteiger partial charge is 0.249 e. The van der Waals surface area contributed by atoms with Crippen molar-refractivity contribution in [2.75, 3.05) is 26.8 Å². The number of amides is 2. The summed E-state index contributed by atoms with van der Waals surface area (Å²) in [5.74, 6) is -0.210. The van der Waals surface area contributed by atoms with Crippen LogP contribution < -0.4 is 0 Å². The first kappa shape index (κ1) is 20.6. The summed E-state index contributed by atoms with van der Waals surface area (Å²) in [4.78, 5) is 30.8. The summed E-state index contributed by atoms with van der Waals surface area (Å²) >= 11 is 1.75. The average Bonchev–Trinajstić information content (AvgIpc) is 3.13. The molecule has 0 fully saturated rings. The van der Waals surface area contributed by atoms with Gasteiger partial charge in [0, 0.05) is 24.1 Å². The molecule has 2 heterocycles. The van der Waals surface area contributed by atoms with Crippen LogP contribution in [0.2, 0.25) is 0 Å². The second kappa shape index (κ2) is 8.45. The molecule has 0 spiro atoms. The predicted molar refractivity (Wildman–Crippen MR) is 111 cm³/mol. The van der Waals surface area contributed by atoms with E-state index in [0.717, 1.165) is 12.0 Å². The monoisotopic (exact) mass is 400 g/mol. The number of hydrogen-bond donors (Lipinski definition) is 0. The quantitative estimate of drug-likeness (QED) is 0.772. The number of methoxy groups -OCH3 is 1. The minimum Gasteiger partial charge on any atom is -0.375 e. The highest BCUT2D eigenvalue weighted by Crippen LogP contribution is 2.37. The van der Waals surface area contributed by atoms with Gasteiger partial charge in [0.05, 0.1) is 6.04 Å². The molecule has 2 amide bonds. The highest BCUT2D eigenvalue weighted by molar-refractivity contribution is 7.10. The summed E-state index contributed by atoms with van der Waals surface area (Å²) in [5.41, 5.74) is 1.83. The Hall–Kier alpha value is -2.18. The van der Waals surface area contributed by atoms with Gasteiger partial charge in [0.1, 0.15) is 13.2 Å². The van der Waals surface area contributed by atoms with Crippen LogP contribution >= 0.6 is 11.3 Å². The fourth-order valence-corrected chi connectivity index (χ4v) is 4.61. The van der Waals surface area contributed by atoms with Crippen LogP contribution in [-0.2, 0) is 20.7 Å². The van der Waals surface area contributed by atoms with Crippen molar-refractivity contribution in [2.45, 2.75) is 38.8 Å². The van der Waals surface area contributed by atoms with Crippen LogP contribution in [0.5, 0.6) is 0 Å². The lowest BCUT2D eigenvalue weighted by Crippen LogP contribution is -2.53. The standard InChI is InChI=1S/C22H28N2O3S/c1-22(2,3)24(20(26)15-27-4)14-19(25)23-12-10-18-17(11-13-28-18)21(23)16-8-6-5-7-9-16/h5-9,11,13,21H,10,12,14-15H2,1-4H3. The number of carbonyl (C=O) groups is 2. The zero-order chi connectivity index (χ0) is 20.3. The van der Waals surface area contributed by atoms with Gasteiger partial charge in [-0.05, 0) is 49.8 Å². The Morgan fingerprint density at radius 1 is 1.21 bits per heavy atom. The second-order valence-corrected chi connectivity index (χ2v) is 9.03. The van der Waals surface area contributed by atoms with Gasteiger partial charge >= 0.3 is 0 Å². The van der Waals surface area contributed by atoms with Crippen LogP contribution in [0.3, 0.4) is 0 Å². The maximum Gasteiger partial charge on any atom is 0.249 e. The van der Waals surface area contributed by atoms with Crippen molar-refractivity contribution in [1.82, 2.24) is 9.80 Å². The molecule has 6 heteroatoms. The summed E-state index contributed by atoms with van der Waals surface area (Å²) in [6.07, 6.45) is 0.851. The van der Waals surface area contributed by atoms with E-state index in [2.05, 4.69) is 23.6 Å². The second-order valence-electron chi connectivity index (χ2n) is 8.03. The number of nitrogens with zero attached hydrogens (tertiary/aromatic N) is 2. The highest BCUT2D eigenvalue weighted by atomic mass is 32.1. The van der Waals surface area contributed by atoms with Gasteiger partial charge in [0.15, 0.2) is 0 Å². The normalized spacial score (nSPS) is 16.6. The van der Waals surface area contributed by atoms with Crippen LogP contribution in [0.15, 0.2) is 41.8 Å². The Bertz CT molecular complexity index is 826. The Labute approximate surface area is 170 Å². The number of fused-ring (bicyclic) bond motifs is 1. The van der Waals surface area contributed by atoms with Gasteiger partial charge in [-0.2, -0.15) is 0 Å². The van der Waals surface area contributed by atoms with E-state index in [9.17, 15) is 9.59 Å². The lowest BCUT2D eigenvalue weighted by molar-refractivity contribution is -0.148. The number of rotatable bonds is 5. The SMILES string of the molecule is COCC(=O)N(CC(=O)N1CCc2sccc2C1c1ccccc1)C(C)(C)C. The van der Waals surface area contributed by atoms with Gasteiger partial charge in [-0.3, -0.25) is 9.59 Å². The third-order valence-corrected chi connectivity index (χ3v) is 6.07. The van der Waals surface area contributed by atoms with Crippen molar-refractivity contribution in [3.05, 3.63) is 57.8 Å². The van der Waals surface area contributed by atoms with Crippen molar-refractivity contribution in [2.24, 2.45) is 0 Å². The Kier molecular flexibility index (Phi) is 6.20. The number of ether oxygens (including phenoxy) is 1. The van der Waals surface area contributed by atoms with E-state index >= 15 is 0 Å². The summed E-state index contributed by atoms with van der Waals surface area (Å²) < 4.78 is 5.02. The molecular weight excluding hydrogens is 372 g/mol. The van der Waals surface area contributed by atoms with E-state index in [1.165, 1.54) is 17.6 Å². The van der Waals surface area contributed by atoms with E-state index in [-0.39, 0.29) is 31.0 Å². The van der Waals surface area contributed by atoms with Gasteiger partial charge in [-0.1, -0.05) is 30.3 Å². The fraction of sp³-hybridized carbons (Fsp3) is 0.455. The molecule has 1 unspecified atom stereocenters. The van der Waals surface area contributed by atoms with Crippen LogP contribution in [0.25, 0.3) is 0 Å². The van der Waals surface area contributed by atoms with E-state index in [1.54, 1.807) is 16.2 Å². The van der Waals surface area contributed by atoms with Crippen molar-refractivity contribution in [3.63, 3.8) is 0 Å². The Morgan fingerprint density at radius 3 is 2.57 bits per heavy atom. The minimum atomic E-state index is -0.461. The van der Waals surface area contributed by atoms with Crippen LogP contribution in [0.1, 0.15) is 42.8 Å². The van der Waals surface area contributed by atoms with Gasteiger partial charge < -0.3 is 14.5 Å². The topological polar surface area (TPSA) is 49.9 Å². The number of hydrogen-bond acceptors (Lipinski definition) is 4. The average molecular weight is 401 g/mol. The molecule has 3 rings (SSSR count). The molecule has 1 aromatic carbocycles. The van der Waals surface area contributed by atoms with Crippen LogP contribution in [-0.4, -0.2) is 54.0 Å². The summed E-state index contributed by atoms with van der Waals surface area (Å²) in [7, 11) is 1.49. The maximum absolute atomic E-state index is 13.4. The van der Waals surface area contributed by atoms with E-state index in [1.807, 2.05) is 43.9 Å². The lowest BCUT2D eigenvalue weighted by atomic mass is 9.93. The molecule has 1 aromatic heterocycles. The zero-order valence-electron chi connectivity index (χ0n) is 17.0. The molecule has 150 valence electrons. The molecule has 0 N–H and O–H groups in total. The van der Waals surface area contributed by atoms with Crippen molar-refractivity contribution in [1.29, 1.82) is 0 Å². The van der Waals surface area contributed by atoms with Gasteiger partial charge in [0.2, 0.25) is 11.8 Å². The predicted octanol–water partition coefficient (Wildman–Crippen LogP) is 3.50. The number of thiophene rings is 1. The molecule has 0 radical (unpaired) electrons. The van der Waals surface area contributed by atoms with E-state index < -0.39 is 5.54 Å². The minimum absolute atomic E-state index is 0.0264. The summed E-state index contributed by atoms with van der Waals surface area (Å²) in [6, 6.07) is 12.1. The molecule has 0 aliphatic carbocycles. The summed E-state index contributed by atoms with van der Waals surface area (Å²) in [5, 5.41) is 2.10. The zero-order valence-corrected chi connectivity index (χ0v) is 17.8. The van der Waals surface area contributed by atoms with Gasteiger partial charge in [-0.15, -0.1) is 11.3 Å². The first-order valence-electron chi connectivity index (χ1n) is 9.53. The largest absolute Gasteiger partial charge is 0.375 e. The number of carbonyl (C=O) groups excluding carboxylic acids is 2. The molecule has 1 aliphatic rings. The fourth-order valence-electron chi connectivity index (χ4n) is 3.71. The van der Waals surface area contributed by atoms with Crippen LogP contribution in [0.4, 0.5) is 0 Å². The summed E-state index contributed by atoms with van der Waals surface area (Å²) in [6.45, 7) is 6.50. The Balaban J connectivity index is 1.90. The third-order valence-electron chi connectivity index (χ3n) is 5.07. The molecule has 0 saturated carbocycles. The highest BCUT2D eigenvalue weighted by Gasteiger charge is 2.36. The lowest BCUT2D eigenvalue weighted by Gasteiger charge is -2.40. The molecule has 28 heavy (non-hydrogen) atoms. The molecule has 0 bridgehead atoms. The Morgan fingerprint density at radius 2 is 1.93 bits per heavy atom. The van der Waals surface area contributed by atoms with E-state index in [0.29, 0.717) is 6.54 Å². The van der Waals surface area contributed by atoms with E-state index in [4.69, 9.17) is 4.74 Å².